The van der Waals surface area contributed by atoms with Crippen molar-refractivity contribution in [2.75, 3.05) is 31.6 Å². The van der Waals surface area contributed by atoms with Gasteiger partial charge < -0.3 is 20.3 Å². The minimum absolute atomic E-state index is 0.0332. The van der Waals surface area contributed by atoms with Crippen LogP contribution in [0.4, 0.5) is 10.5 Å². The first-order valence-corrected chi connectivity index (χ1v) is 9.98. The zero-order valence-corrected chi connectivity index (χ0v) is 17.9. The third kappa shape index (κ3) is 5.13. The van der Waals surface area contributed by atoms with Crippen molar-refractivity contribution in [2.24, 2.45) is 0 Å². The van der Waals surface area contributed by atoms with E-state index in [-0.39, 0.29) is 17.9 Å². The van der Waals surface area contributed by atoms with Crippen molar-refractivity contribution < 1.29 is 14.3 Å². The Morgan fingerprint density at radius 2 is 1.96 bits per heavy atom. The second kappa shape index (κ2) is 11.1. The molecule has 0 saturated heterocycles. The van der Waals surface area contributed by atoms with E-state index in [1.165, 1.54) is 0 Å². The third-order valence-electron chi connectivity index (χ3n) is 4.32. The number of anilines is 1. The van der Waals surface area contributed by atoms with Gasteiger partial charge in [0, 0.05) is 30.0 Å². The second-order valence-electron chi connectivity index (χ2n) is 5.66. The van der Waals surface area contributed by atoms with Gasteiger partial charge in [-0.3, -0.25) is 4.79 Å². The fourth-order valence-corrected chi connectivity index (χ4v) is 3.89. The lowest BCUT2D eigenvalue weighted by atomic mass is 9.93. The molecule has 1 aliphatic heterocycles. The molecule has 2 atom stereocenters. The molecule has 1 aliphatic rings. The van der Waals surface area contributed by atoms with Gasteiger partial charge in [0.1, 0.15) is 0 Å². The summed E-state index contributed by atoms with van der Waals surface area (Å²) >= 11 is 3.60. The Morgan fingerprint density at radius 1 is 1.27 bits per heavy atom. The molecule has 0 aliphatic carbocycles. The molecule has 1 aromatic rings. The number of rotatable bonds is 6. The minimum Gasteiger partial charge on any atom is -0.450 e. The fraction of sp³-hybridized carbons (Fsp3) is 0.579. The summed E-state index contributed by atoms with van der Waals surface area (Å²) in [5, 5.41) is 5.52. The van der Waals surface area contributed by atoms with Crippen molar-refractivity contribution >= 4 is 33.6 Å². The highest BCUT2D eigenvalue weighted by Crippen LogP contribution is 2.45. The average molecular weight is 428 g/mol. The van der Waals surface area contributed by atoms with Crippen molar-refractivity contribution in [3.63, 3.8) is 0 Å². The Balaban J connectivity index is 0.00000163. The Morgan fingerprint density at radius 3 is 2.54 bits per heavy atom. The predicted molar refractivity (Wildman–Crippen MR) is 109 cm³/mol. The Labute approximate surface area is 164 Å². The summed E-state index contributed by atoms with van der Waals surface area (Å²) in [6, 6.07) is 6.15. The lowest BCUT2D eigenvalue weighted by Gasteiger charge is -2.29. The number of likely N-dealkylation sites (N-methyl/N-ethyl adjacent to an activating group) is 1. The zero-order valence-electron chi connectivity index (χ0n) is 16.3. The zero-order chi connectivity index (χ0) is 19.7. The van der Waals surface area contributed by atoms with Crippen LogP contribution in [-0.4, -0.2) is 44.8 Å². The topological polar surface area (TPSA) is 70.7 Å². The number of ether oxygens (including phenoxy) is 1. The molecule has 2 amide bonds. The van der Waals surface area contributed by atoms with Crippen LogP contribution in [-0.2, 0) is 9.53 Å². The Bertz CT molecular complexity index is 610. The summed E-state index contributed by atoms with van der Waals surface area (Å²) in [7, 11) is 1.64. The molecule has 1 heterocycles. The maximum Gasteiger partial charge on any atom is 0.407 e. The van der Waals surface area contributed by atoms with Gasteiger partial charge in [-0.05, 0) is 40.9 Å². The van der Waals surface area contributed by atoms with Crippen LogP contribution in [0.2, 0.25) is 0 Å². The molecule has 6 nitrogen and oxygen atoms in total. The molecule has 7 heteroatoms. The van der Waals surface area contributed by atoms with Crippen molar-refractivity contribution in [1.82, 2.24) is 10.6 Å². The van der Waals surface area contributed by atoms with Gasteiger partial charge in [-0.15, -0.1) is 0 Å². The summed E-state index contributed by atoms with van der Waals surface area (Å²) in [5.74, 6) is 0.0747. The minimum atomic E-state index is -0.409. The van der Waals surface area contributed by atoms with Crippen LogP contribution in [0.3, 0.4) is 0 Å². The number of nitrogens with zero attached hydrogens (tertiary/aromatic N) is 1. The first-order chi connectivity index (χ1) is 12.5. The number of nitrogens with one attached hydrogen (secondary N) is 2. The average Bonchev–Trinajstić information content (AvgIpc) is 2.95. The van der Waals surface area contributed by atoms with E-state index in [1.54, 1.807) is 14.0 Å². The van der Waals surface area contributed by atoms with Crippen LogP contribution in [0.25, 0.3) is 0 Å². The SMILES string of the molecule is CC.CCOC(=O)NCC1c2cccc(Br)c2N(CC(=O)NC)C1CC. The van der Waals surface area contributed by atoms with Gasteiger partial charge in [0.25, 0.3) is 0 Å². The number of carbonyl (C=O) groups is 2. The van der Waals surface area contributed by atoms with Gasteiger partial charge in [0.15, 0.2) is 0 Å². The number of fused-ring (bicyclic) bond motifs is 1. The van der Waals surface area contributed by atoms with Gasteiger partial charge in [-0.1, -0.05) is 32.9 Å². The van der Waals surface area contributed by atoms with Gasteiger partial charge >= 0.3 is 6.09 Å². The highest BCUT2D eigenvalue weighted by atomic mass is 79.9. The second-order valence-corrected chi connectivity index (χ2v) is 6.52. The van der Waals surface area contributed by atoms with Crippen LogP contribution in [0.1, 0.15) is 45.6 Å². The number of alkyl carbamates (subject to hydrolysis) is 1. The normalized spacial score (nSPS) is 17.7. The number of para-hydroxylation sites is 1. The lowest BCUT2D eigenvalue weighted by molar-refractivity contribution is -0.119. The van der Waals surface area contributed by atoms with Crippen LogP contribution in [0, 0.1) is 0 Å². The van der Waals surface area contributed by atoms with E-state index in [0.29, 0.717) is 19.7 Å². The summed E-state index contributed by atoms with van der Waals surface area (Å²) in [4.78, 5) is 25.7. The molecule has 0 aromatic heterocycles. The van der Waals surface area contributed by atoms with Gasteiger partial charge in [-0.2, -0.15) is 0 Å². The Kier molecular flexibility index (Phi) is 9.48. The maximum atomic E-state index is 12.0. The number of benzene rings is 1. The number of hydrogen-bond donors (Lipinski definition) is 2. The number of carbonyl (C=O) groups excluding carboxylic acids is 2. The maximum absolute atomic E-state index is 12.0. The van der Waals surface area contributed by atoms with E-state index >= 15 is 0 Å². The van der Waals surface area contributed by atoms with E-state index in [2.05, 4.69) is 44.5 Å². The highest BCUT2D eigenvalue weighted by molar-refractivity contribution is 9.10. The number of amides is 2. The molecule has 0 radical (unpaired) electrons. The van der Waals surface area contributed by atoms with Crippen molar-refractivity contribution in [1.29, 1.82) is 0 Å². The number of halogens is 1. The quantitative estimate of drug-likeness (QED) is 0.726. The van der Waals surface area contributed by atoms with Gasteiger partial charge in [0.2, 0.25) is 5.91 Å². The van der Waals surface area contributed by atoms with Crippen LogP contribution in [0.5, 0.6) is 0 Å². The lowest BCUT2D eigenvalue weighted by Crippen LogP contribution is -2.43. The molecule has 0 spiro atoms. The van der Waals surface area contributed by atoms with Crippen molar-refractivity contribution in [3.8, 4) is 0 Å². The summed E-state index contributed by atoms with van der Waals surface area (Å²) in [6.45, 7) is 8.99. The van der Waals surface area contributed by atoms with Crippen LogP contribution >= 0.6 is 15.9 Å². The highest BCUT2D eigenvalue weighted by Gasteiger charge is 2.39. The van der Waals surface area contributed by atoms with Crippen molar-refractivity contribution in [3.05, 3.63) is 28.2 Å². The predicted octanol–water partition coefficient (Wildman–Crippen LogP) is 3.65. The smallest absolute Gasteiger partial charge is 0.407 e. The molecule has 0 saturated carbocycles. The molecule has 1 aromatic carbocycles. The first kappa shape index (κ1) is 22.3. The molecular weight excluding hydrogens is 398 g/mol. The summed E-state index contributed by atoms with van der Waals surface area (Å²) < 4.78 is 5.91. The third-order valence-corrected chi connectivity index (χ3v) is 4.96. The summed E-state index contributed by atoms with van der Waals surface area (Å²) in [5.41, 5.74) is 2.17. The summed E-state index contributed by atoms with van der Waals surface area (Å²) in [6.07, 6.45) is 0.460. The van der Waals surface area contributed by atoms with E-state index in [9.17, 15) is 9.59 Å². The largest absolute Gasteiger partial charge is 0.450 e. The van der Waals surface area contributed by atoms with E-state index in [1.807, 2.05) is 26.0 Å². The Hall–Kier alpha value is -1.76. The fourth-order valence-electron chi connectivity index (χ4n) is 3.28. The van der Waals surface area contributed by atoms with E-state index in [4.69, 9.17) is 4.74 Å². The standard InChI is InChI=1S/C17H24BrN3O3.C2H6/c1-4-14-12(9-20-17(23)24-5-2)11-7-6-8-13(18)16(11)21(14)10-15(22)19-3;1-2/h6-8,12,14H,4-5,9-10H2,1-3H3,(H,19,22)(H,20,23);1-2H3. The molecule has 2 rings (SSSR count). The first-order valence-electron chi connectivity index (χ1n) is 9.19. The monoisotopic (exact) mass is 427 g/mol. The number of hydrogen-bond acceptors (Lipinski definition) is 4. The molecule has 0 fully saturated rings. The molecule has 26 heavy (non-hydrogen) atoms. The molecular formula is C19H30BrN3O3. The molecule has 2 unspecified atom stereocenters. The van der Waals surface area contributed by atoms with E-state index in [0.717, 1.165) is 22.1 Å². The van der Waals surface area contributed by atoms with Gasteiger partial charge in [-0.25, -0.2) is 4.79 Å². The molecule has 146 valence electrons. The molecule has 0 bridgehead atoms. The van der Waals surface area contributed by atoms with E-state index < -0.39 is 6.09 Å². The van der Waals surface area contributed by atoms with Crippen LogP contribution < -0.4 is 15.5 Å². The van der Waals surface area contributed by atoms with Gasteiger partial charge in [0.05, 0.1) is 18.8 Å². The molecule has 2 N–H and O–H groups in total. The van der Waals surface area contributed by atoms with Crippen LogP contribution in [0.15, 0.2) is 22.7 Å². The van der Waals surface area contributed by atoms with Crippen molar-refractivity contribution in [2.45, 2.75) is 46.1 Å².